The summed E-state index contributed by atoms with van der Waals surface area (Å²) < 4.78 is 19.5. The van der Waals surface area contributed by atoms with Crippen LogP contribution in [0.3, 0.4) is 0 Å². The first-order chi connectivity index (χ1) is 7.44. The summed E-state index contributed by atoms with van der Waals surface area (Å²) in [6.45, 7) is 5.58. The van der Waals surface area contributed by atoms with Crippen molar-refractivity contribution in [3.05, 3.63) is 28.6 Å². The molecular weight excluding hydrogens is 205 g/mol. The third-order valence-corrected chi connectivity index (χ3v) is 2.96. The highest BCUT2D eigenvalue weighted by atomic mass is 19.1. The molecule has 16 heavy (non-hydrogen) atoms. The molecule has 1 aliphatic rings. The molecule has 3 heteroatoms. The highest BCUT2D eigenvalue weighted by Gasteiger charge is 2.30. The van der Waals surface area contributed by atoms with Gasteiger partial charge in [-0.15, -0.1) is 0 Å². The van der Waals surface area contributed by atoms with Crippen LogP contribution in [-0.2, 0) is 6.42 Å². The second-order valence-corrected chi connectivity index (χ2v) is 4.84. The number of benzene rings is 1. The predicted octanol–water partition coefficient (Wildman–Crippen LogP) is 3.11. The van der Waals surface area contributed by atoms with Gasteiger partial charge in [0.25, 0.3) is 0 Å². The van der Waals surface area contributed by atoms with Gasteiger partial charge in [0.2, 0.25) is 0 Å². The van der Waals surface area contributed by atoms with E-state index in [-0.39, 0.29) is 11.2 Å². The summed E-state index contributed by atoms with van der Waals surface area (Å²) in [6.07, 6.45) is 1.72. The van der Waals surface area contributed by atoms with E-state index in [0.29, 0.717) is 11.3 Å². The molecule has 0 saturated carbocycles. The van der Waals surface area contributed by atoms with Gasteiger partial charge in [-0.1, -0.05) is 0 Å². The van der Waals surface area contributed by atoms with E-state index in [4.69, 9.17) is 10.00 Å². The average Bonchev–Trinajstić information content (AvgIpc) is 2.20. The Kier molecular flexibility index (Phi) is 2.38. The fraction of sp³-hybridized carbons (Fsp3) is 0.462. The largest absolute Gasteiger partial charge is 0.486 e. The van der Waals surface area contributed by atoms with Crippen molar-refractivity contribution in [2.24, 2.45) is 0 Å². The third-order valence-electron chi connectivity index (χ3n) is 2.96. The monoisotopic (exact) mass is 219 g/mol. The van der Waals surface area contributed by atoms with Crippen molar-refractivity contribution < 1.29 is 9.13 Å². The van der Waals surface area contributed by atoms with Crippen molar-refractivity contribution in [3.63, 3.8) is 0 Å². The lowest BCUT2D eigenvalue weighted by molar-refractivity contribution is 0.0837. The Morgan fingerprint density at radius 1 is 1.50 bits per heavy atom. The van der Waals surface area contributed by atoms with Crippen LogP contribution in [0.2, 0.25) is 0 Å². The van der Waals surface area contributed by atoms with Crippen LogP contribution in [0.15, 0.2) is 6.07 Å². The number of hydrogen-bond acceptors (Lipinski definition) is 2. The number of halogens is 1. The van der Waals surface area contributed by atoms with Crippen molar-refractivity contribution in [3.8, 4) is 11.8 Å². The Morgan fingerprint density at radius 3 is 2.81 bits per heavy atom. The lowest BCUT2D eigenvalue weighted by Gasteiger charge is -2.33. The number of aryl methyl sites for hydroxylation is 2. The number of hydrogen-bond donors (Lipinski definition) is 0. The van der Waals surface area contributed by atoms with Crippen molar-refractivity contribution in [2.45, 2.75) is 39.2 Å². The summed E-state index contributed by atoms with van der Waals surface area (Å²) in [7, 11) is 0. The molecule has 0 N–H and O–H groups in total. The van der Waals surface area contributed by atoms with E-state index in [1.54, 1.807) is 13.0 Å². The van der Waals surface area contributed by atoms with E-state index in [1.165, 1.54) is 0 Å². The maximum absolute atomic E-state index is 13.7. The molecular formula is C13H14FNO. The average molecular weight is 219 g/mol. The van der Waals surface area contributed by atoms with Gasteiger partial charge in [0.1, 0.15) is 28.8 Å². The molecule has 0 atom stereocenters. The second-order valence-electron chi connectivity index (χ2n) is 4.84. The van der Waals surface area contributed by atoms with E-state index >= 15 is 0 Å². The minimum absolute atomic E-state index is 0.0442. The first kappa shape index (κ1) is 10.9. The molecule has 0 unspecified atom stereocenters. The van der Waals surface area contributed by atoms with Gasteiger partial charge in [0.05, 0.1) is 0 Å². The first-order valence-corrected chi connectivity index (χ1v) is 5.36. The Labute approximate surface area is 94.7 Å². The number of nitriles is 1. The fourth-order valence-electron chi connectivity index (χ4n) is 2.01. The van der Waals surface area contributed by atoms with Gasteiger partial charge in [-0.3, -0.25) is 0 Å². The van der Waals surface area contributed by atoms with Gasteiger partial charge in [-0.05, 0) is 50.8 Å². The summed E-state index contributed by atoms with van der Waals surface area (Å²) in [5, 5.41) is 9.00. The van der Waals surface area contributed by atoms with E-state index < -0.39 is 5.82 Å². The zero-order chi connectivity index (χ0) is 11.9. The van der Waals surface area contributed by atoms with Gasteiger partial charge in [0, 0.05) is 0 Å². The maximum Gasteiger partial charge on any atom is 0.147 e. The van der Waals surface area contributed by atoms with Crippen LogP contribution in [0.4, 0.5) is 4.39 Å². The molecule has 0 amide bonds. The van der Waals surface area contributed by atoms with Crippen molar-refractivity contribution >= 4 is 0 Å². The van der Waals surface area contributed by atoms with Crippen LogP contribution in [-0.4, -0.2) is 5.60 Å². The summed E-state index contributed by atoms with van der Waals surface area (Å²) in [5.41, 5.74) is 1.18. The molecule has 0 aromatic heterocycles. The highest BCUT2D eigenvalue weighted by molar-refractivity contribution is 5.53. The van der Waals surface area contributed by atoms with Gasteiger partial charge >= 0.3 is 0 Å². The fourth-order valence-corrected chi connectivity index (χ4v) is 2.01. The number of rotatable bonds is 0. The molecule has 0 fully saturated rings. The highest BCUT2D eigenvalue weighted by Crippen LogP contribution is 2.37. The van der Waals surface area contributed by atoms with Gasteiger partial charge in [-0.2, -0.15) is 5.26 Å². The van der Waals surface area contributed by atoms with Crippen LogP contribution in [0.5, 0.6) is 5.75 Å². The number of nitrogens with zero attached hydrogens (tertiary/aromatic N) is 1. The van der Waals surface area contributed by atoms with Gasteiger partial charge < -0.3 is 4.74 Å². The molecule has 1 aromatic carbocycles. The Bertz CT molecular complexity index is 486. The minimum atomic E-state index is -0.459. The Balaban J connectivity index is 2.63. The summed E-state index contributed by atoms with van der Waals surface area (Å²) in [6, 6.07) is 3.68. The quantitative estimate of drug-likeness (QED) is 0.671. The number of ether oxygens (including phenoxy) is 1. The number of fused-ring (bicyclic) bond motifs is 1. The molecule has 2 rings (SSSR count). The van der Waals surface area contributed by atoms with E-state index in [9.17, 15) is 4.39 Å². The SMILES string of the molecule is Cc1cc2c(c(C#N)c1F)OC(C)(C)CC2. The molecule has 1 heterocycles. The van der Waals surface area contributed by atoms with Crippen LogP contribution in [0.25, 0.3) is 0 Å². The van der Waals surface area contributed by atoms with Crippen LogP contribution >= 0.6 is 0 Å². The molecule has 84 valence electrons. The van der Waals surface area contributed by atoms with Crippen LogP contribution in [0, 0.1) is 24.1 Å². The van der Waals surface area contributed by atoms with Gasteiger partial charge in [-0.25, -0.2) is 4.39 Å². The van der Waals surface area contributed by atoms with E-state index in [1.807, 2.05) is 19.9 Å². The summed E-state index contributed by atoms with van der Waals surface area (Å²) >= 11 is 0. The summed E-state index contributed by atoms with van der Waals surface area (Å²) in [5.74, 6) is -0.0270. The topological polar surface area (TPSA) is 33.0 Å². The van der Waals surface area contributed by atoms with Crippen LogP contribution in [0.1, 0.15) is 37.0 Å². The second kappa shape index (κ2) is 3.48. The zero-order valence-corrected chi connectivity index (χ0v) is 9.72. The summed E-state index contributed by atoms with van der Waals surface area (Å²) in [4.78, 5) is 0. The molecule has 0 spiro atoms. The van der Waals surface area contributed by atoms with Gasteiger partial charge in [0.15, 0.2) is 0 Å². The third kappa shape index (κ3) is 1.65. The van der Waals surface area contributed by atoms with E-state index in [0.717, 1.165) is 18.4 Å². The smallest absolute Gasteiger partial charge is 0.147 e. The van der Waals surface area contributed by atoms with Crippen molar-refractivity contribution in [1.29, 1.82) is 5.26 Å². The van der Waals surface area contributed by atoms with E-state index in [2.05, 4.69) is 0 Å². The normalized spacial score (nSPS) is 17.2. The molecule has 0 radical (unpaired) electrons. The predicted molar refractivity (Wildman–Crippen MR) is 58.9 cm³/mol. The Morgan fingerprint density at radius 2 is 2.19 bits per heavy atom. The maximum atomic E-state index is 13.7. The van der Waals surface area contributed by atoms with Crippen molar-refractivity contribution in [1.82, 2.24) is 0 Å². The first-order valence-electron chi connectivity index (χ1n) is 5.36. The lowest BCUT2D eigenvalue weighted by atomic mass is 9.91. The molecule has 1 aromatic rings. The molecule has 0 aliphatic carbocycles. The Hall–Kier alpha value is -1.56. The molecule has 2 nitrogen and oxygen atoms in total. The van der Waals surface area contributed by atoms with Crippen molar-refractivity contribution in [2.75, 3.05) is 0 Å². The minimum Gasteiger partial charge on any atom is -0.486 e. The zero-order valence-electron chi connectivity index (χ0n) is 9.72. The molecule has 0 saturated heterocycles. The molecule has 1 aliphatic heterocycles. The van der Waals surface area contributed by atoms with Crippen LogP contribution < -0.4 is 4.74 Å². The standard InChI is InChI=1S/C13H14FNO/c1-8-6-9-4-5-13(2,3)16-12(9)10(7-15)11(8)14/h6H,4-5H2,1-3H3. The molecule has 0 bridgehead atoms. The lowest BCUT2D eigenvalue weighted by Crippen LogP contribution is -2.33.